The lowest BCUT2D eigenvalue weighted by molar-refractivity contribution is 0.898. The van der Waals surface area contributed by atoms with Gasteiger partial charge < -0.3 is 4.98 Å². The van der Waals surface area contributed by atoms with E-state index in [4.69, 9.17) is 11.6 Å². The van der Waals surface area contributed by atoms with Gasteiger partial charge in [0, 0.05) is 11.3 Å². The second-order valence-corrected chi connectivity index (χ2v) is 4.22. The molecule has 1 aromatic heterocycles. The Kier molecular flexibility index (Phi) is 3.99. The van der Waals surface area contributed by atoms with Crippen molar-refractivity contribution < 1.29 is 0 Å². The van der Waals surface area contributed by atoms with Crippen LogP contribution in [-0.2, 0) is 18.7 Å². The summed E-state index contributed by atoms with van der Waals surface area (Å²) in [6.07, 6.45) is 1.76. The maximum Gasteiger partial charge on any atom is 0.252 e. The topological polar surface area (TPSA) is 32.9 Å². The zero-order valence-corrected chi connectivity index (χ0v) is 10.2. The molecule has 1 aromatic carbocycles. The van der Waals surface area contributed by atoms with Gasteiger partial charge in [-0.2, -0.15) is 0 Å². The van der Waals surface area contributed by atoms with Crippen LogP contribution in [0.25, 0.3) is 0 Å². The van der Waals surface area contributed by atoms with Crippen molar-refractivity contribution in [2.24, 2.45) is 0 Å². The first-order valence-corrected chi connectivity index (χ1v) is 6.14. The van der Waals surface area contributed by atoms with Gasteiger partial charge >= 0.3 is 0 Å². The van der Waals surface area contributed by atoms with Gasteiger partial charge in [-0.25, -0.2) is 0 Å². The van der Waals surface area contributed by atoms with Gasteiger partial charge in [-0.05, 0) is 24.5 Å². The first-order valence-electron chi connectivity index (χ1n) is 5.60. The van der Waals surface area contributed by atoms with Gasteiger partial charge in [0.2, 0.25) is 0 Å². The molecule has 0 bridgehead atoms. The van der Waals surface area contributed by atoms with Crippen molar-refractivity contribution in [3.8, 4) is 0 Å². The Bertz CT molecular complexity index is 533. The number of pyridine rings is 1. The molecule has 0 saturated carbocycles. The highest BCUT2D eigenvalue weighted by Crippen LogP contribution is 2.05. The first-order chi connectivity index (χ1) is 8.29. The van der Waals surface area contributed by atoms with Crippen LogP contribution in [0.3, 0.4) is 0 Å². The van der Waals surface area contributed by atoms with E-state index in [9.17, 15) is 4.79 Å². The molecule has 0 amide bonds. The number of benzene rings is 1. The number of rotatable bonds is 4. The largest absolute Gasteiger partial charge is 0.326 e. The van der Waals surface area contributed by atoms with E-state index < -0.39 is 0 Å². The summed E-state index contributed by atoms with van der Waals surface area (Å²) in [6.45, 7) is 0. The zero-order chi connectivity index (χ0) is 12.1. The fraction of sp³-hybridized carbons (Fsp3) is 0.214. The van der Waals surface area contributed by atoms with Crippen LogP contribution in [0, 0.1) is 0 Å². The van der Waals surface area contributed by atoms with Crippen molar-refractivity contribution in [2.45, 2.75) is 18.7 Å². The maximum atomic E-state index is 11.5. The molecule has 17 heavy (non-hydrogen) atoms. The molecule has 0 radical (unpaired) electrons. The normalized spacial score (nSPS) is 10.4. The molecule has 1 heterocycles. The fourth-order valence-electron chi connectivity index (χ4n) is 1.72. The highest BCUT2D eigenvalue weighted by molar-refractivity contribution is 6.17. The summed E-state index contributed by atoms with van der Waals surface area (Å²) in [5.41, 5.74) is 2.77. The third kappa shape index (κ3) is 3.21. The molecule has 0 atom stereocenters. The van der Waals surface area contributed by atoms with Gasteiger partial charge in [0.05, 0.1) is 5.88 Å². The molecule has 2 aromatic rings. The Balaban J connectivity index is 2.05. The number of aryl methyl sites for hydroxylation is 2. The molecular formula is C14H14ClNO. The summed E-state index contributed by atoms with van der Waals surface area (Å²) >= 11 is 5.64. The minimum absolute atomic E-state index is 0.0782. The predicted octanol–water partition coefficient (Wildman–Crippen LogP) is 2.90. The van der Waals surface area contributed by atoms with Crippen LogP contribution < -0.4 is 5.56 Å². The summed E-state index contributed by atoms with van der Waals surface area (Å²) in [6, 6.07) is 14.0. The van der Waals surface area contributed by atoms with Crippen LogP contribution in [0.1, 0.15) is 16.8 Å². The molecule has 0 saturated heterocycles. The van der Waals surface area contributed by atoms with Crippen LogP contribution in [0.4, 0.5) is 0 Å². The van der Waals surface area contributed by atoms with E-state index in [1.807, 2.05) is 24.3 Å². The van der Waals surface area contributed by atoms with E-state index in [1.165, 1.54) is 5.56 Å². The highest BCUT2D eigenvalue weighted by Gasteiger charge is 2.00. The van der Waals surface area contributed by atoms with Crippen molar-refractivity contribution in [3.05, 3.63) is 69.6 Å². The smallest absolute Gasteiger partial charge is 0.252 e. The Labute approximate surface area is 105 Å². The third-order valence-corrected chi connectivity index (χ3v) is 3.01. The van der Waals surface area contributed by atoms with Gasteiger partial charge in [-0.3, -0.25) is 4.79 Å². The van der Waals surface area contributed by atoms with Gasteiger partial charge in [0.25, 0.3) is 5.56 Å². The number of nitrogens with one attached hydrogen (secondary N) is 1. The maximum absolute atomic E-state index is 11.5. The van der Waals surface area contributed by atoms with Gasteiger partial charge in [-0.15, -0.1) is 11.6 Å². The molecule has 0 unspecified atom stereocenters. The van der Waals surface area contributed by atoms with Crippen molar-refractivity contribution in [3.63, 3.8) is 0 Å². The van der Waals surface area contributed by atoms with Gasteiger partial charge in [0.15, 0.2) is 0 Å². The SMILES string of the molecule is O=c1[nH]c(CCc2ccccc2)ccc1CCl. The standard InChI is InChI=1S/C14H14ClNO/c15-10-12-7-9-13(16-14(12)17)8-6-11-4-2-1-3-5-11/h1-5,7,9H,6,8,10H2,(H,16,17). The Morgan fingerprint density at radius 2 is 1.76 bits per heavy atom. The average Bonchev–Trinajstić information content (AvgIpc) is 2.38. The molecule has 1 N–H and O–H groups in total. The van der Waals surface area contributed by atoms with Crippen molar-refractivity contribution in [1.29, 1.82) is 0 Å². The van der Waals surface area contributed by atoms with Crippen molar-refractivity contribution in [1.82, 2.24) is 4.98 Å². The summed E-state index contributed by atoms with van der Waals surface area (Å²) in [5.74, 6) is 0.258. The van der Waals surface area contributed by atoms with Gasteiger partial charge in [-0.1, -0.05) is 36.4 Å². The molecule has 0 aliphatic carbocycles. The Morgan fingerprint density at radius 3 is 2.41 bits per heavy atom. The molecule has 0 aliphatic rings. The second kappa shape index (κ2) is 5.69. The summed E-state index contributed by atoms with van der Waals surface area (Å²) < 4.78 is 0. The number of aromatic amines is 1. The monoisotopic (exact) mass is 247 g/mol. The van der Waals surface area contributed by atoms with E-state index in [0.29, 0.717) is 5.56 Å². The highest BCUT2D eigenvalue weighted by atomic mass is 35.5. The number of halogens is 1. The minimum atomic E-state index is -0.0782. The summed E-state index contributed by atoms with van der Waals surface area (Å²) in [5, 5.41) is 0. The third-order valence-electron chi connectivity index (χ3n) is 2.72. The van der Waals surface area contributed by atoms with Crippen LogP contribution in [0.2, 0.25) is 0 Å². The van der Waals surface area contributed by atoms with Crippen LogP contribution in [0.15, 0.2) is 47.3 Å². The van der Waals surface area contributed by atoms with E-state index in [0.717, 1.165) is 18.5 Å². The second-order valence-electron chi connectivity index (χ2n) is 3.96. The lowest BCUT2D eigenvalue weighted by Crippen LogP contribution is -2.13. The van der Waals surface area contributed by atoms with E-state index in [-0.39, 0.29) is 11.4 Å². The van der Waals surface area contributed by atoms with E-state index in [1.54, 1.807) is 6.07 Å². The van der Waals surface area contributed by atoms with Crippen LogP contribution in [-0.4, -0.2) is 4.98 Å². The number of alkyl halides is 1. The van der Waals surface area contributed by atoms with E-state index in [2.05, 4.69) is 17.1 Å². The molecule has 3 heteroatoms. The number of hydrogen-bond donors (Lipinski definition) is 1. The van der Waals surface area contributed by atoms with Crippen molar-refractivity contribution in [2.75, 3.05) is 0 Å². The lowest BCUT2D eigenvalue weighted by Gasteiger charge is -2.03. The summed E-state index contributed by atoms with van der Waals surface area (Å²) in [4.78, 5) is 14.4. The molecule has 88 valence electrons. The fourth-order valence-corrected chi connectivity index (χ4v) is 1.93. The minimum Gasteiger partial charge on any atom is -0.326 e. The number of aromatic nitrogens is 1. The van der Waals surface area contributed by atoms with Crippen molar-refractivity contribution >= 4 is 11.6 Å². The summed E-state index contributed by atoms with van der Waals surface area (Å²) in [7, 11) is 0. The molecule has 2 nitrogen and oxygen atoms in total. The first kappa shape index (κ1) is 11.9. The van der Waals surface area contributed by atoms with Crippen LogP contribution in [0.5, 0.6) is 0 Å². The molecule has 2 rings (SSSR count). The van der Waals surface area contributed by atoms with Gasteiger partial charge in [0.1, 0.15) is 0 Å². The number of H-pyrrole nitrogens is 1. The molecule has 0 fully saturated rings. The Hall–Kier alpha value is -1.54. The molecule has 0 aliphatic heterocycles. The zero-order valence-electron chi connectivity index (χ0n) is 9.45. The molecular weight excluding hydrogens is 234 g/mol. The van der Waals surface area contributed by atoms with Crippen LogP contribution >= 0.6 is 11.6 Å². The quantitative estimate of drug-likeness (QED) is 0.828. The average molecular weight is 248 g/mol. The Morgan fingerprint density at radius 1 is 1.00 bits per heavy atom. The number of hydrogen-bond acceptors (Lipinski definition) is 1. The predicted molar refractivity (Wildman–Crippen MR) is 70.5 cm³/mol. The lowest BCUT2D eigenvalue weighted by atomic mass is 10.1. The molecule has 0 spiro atoms. The van der Waals surface area contributed by atoms with E-state index >= 15 is 0 Å².